The Hall–Kier alpha value is -5.40. The number of methoxy groups -OCH3 is 1. The highest BCUT2D eigenvalue weighted by molar-refractivity contribution is 5.84. The summed E-state index contributed by atoms with van der Waals surface area (Å²) in [5.41, 5.74) is 13.0. The summed E-state index contributed by atoms with van der Waals surface area (Å²) >= 11 is 0. The maximum atomic E-state index is 12.9. The van der Waals surface area contributed by atoms with Crippen LogP contribution in [0.3, 0.4) is 0 Å². The van der Waals surface area contributed by atoms with E-state index in [9.17, 15) is 9.59 Å². The van der Waals surface area contributed by atoms with Gasteiger partial charge in [-0.25, -0.2) is 4.79 Å². The number of hydrogen-bond donors (Lipinski definition) is 3. The first-order chi connectivity index (χ1) is 23.5. The maximum absolute atomic E-state index is 12.9. The lowest BCUT2D eigenvalue weighted by atomic mass is 9.77. The van der Waals surface area contributed by atoms with Crippen molar-refractivity contribution in [1.29, 1.82) is 0 Å². The molecular weight excluding hydrogens is 598 g/mol. The molecule has 5 aromatic carbocycles. The van der Waals surface area contributed by atoms with Gasteiger partial charge in [0.1, 0.15) is 18.4 Å². The van der Waals surface area contributed by atoms with E-state index in [-0.39, 0.29) is 12.5 Å². The van der Waals surface area contributed by atoms with Gasteiger partial charge in [-0.3, -0.25) is 10.1 Å². The minimum atomic E-state index is -0.838. The highest BCUT2D eigenvalue weighted by atomic mass is 16.5. The summed E-state index contributed by atoms with van der Waals surface area (Å²) in [7, 11) is 1.66. The summed E-state index contributed by atoms with van der Waals surface area (Å²) in [6.07, 6.45) is 1.15. The van der Waals surface area contributed by atoms with Crippen LogP contribution in [0.5, 0.6) is 5.75 Å². The Morgan fingerprint density at radius 1 is 0.708 bits per heavy atom. The van der Waals surface area contributed by atoms with Crippen LogP contribution >= 0.6 is 0 Å². The molecular formula is C41H41N3O4. The van der Waals surface area contributed by atoms with E-state index in [1.54, 1.807) is 7.11 Å². The van der Waals surface area contributed by atoms with Gasteiger partial charge in [0.25, 0.3) is 0 Å². The van der Waals surface area contributed by atoms with E-state index in [1.807, 2.05) is 72.8 Å². The van der Waals surface area contributed by atoms with E-state index in [0.717, 1.165) is 51.1 Å². The van der Waals surface area contributed by atoms with Gasteiger partial charge in [0, 0.05) is 5.92 Å². The summed E-state index contributed by atoms with van der Waals surface area (Å²) in [5.74, 6) is 0.134. The van der Waals surface area contributed by atoms with E-state index >= 15 is 0 Å². The van der Waals surface area contributed by atoms with Crippen molar-refractivity contribution in [2.45, 2.75) is 36.8 Å². The second-order valence-electron chi connectivity index (χ2n) is 12.1. The summed E-state index contributed by atoms with van der Waals surface area (Å²) in [4.78, 5) is 25.3. The smallest absolute Gasteiger partial charge is 0.407 e. The minimum absolute atomic E-state index is 0.0681. The van der Waals surface area contributed by atoms with E-state index in [4.69, 9.17) is 15.2 Å². The van der Waals surface area contributed by atoms with Crippen molar-refractivity contribution in [2.24, 2.45) is 5.73 Å². The van der Waals surface area contributed by atoms with E-state index in [2.05, 4.69) is 71.3 Å². The van der Waals surface area contributed by atoms with E-state index in [1.165, 1.54) is 0 Å². The maximum Gasteiger partial charge on any atom is 0.407 e. The van der Waals surface area contributed by atoms with Crippen molar-refractivity contribution < 1.29 is 19.1 Å². The van der Waals surface area contributed by atoms with Gasteiger partial charge in [-0.1, -0.05) is 121 Å². The number of rotatable bonds is 14. The Kier molecular flexibility index (Phi) is 10.2. The van der Waals surface area contributed by atoms with Crippen LogP contribution in [0.25, 0.3) is 11.1 Å². The predicted molar refractivity (Wildman–Crippen MR) is 189 cm³/mol. The average Bonchev–Trinajstić information content (AvgIpc) is 3.46. The summed E-state index contributed by atoms with van der Waals surface area (Å²) in [6, 6.07) is 44.4. The van der Waals surface area contributed by atoms with Crippen LogP contribution in [0.15, 0.2) is 133 Å². The molecule has 6 rings (SSSR count). The van der Waals surface area contributed by atoms with Crippen molar-refractivity contribution >= 4 is 12.0 Å². The van der Waals surface area contributed by atoms with Crippen LogP contribution in [-0.2, 0) is 15.1 Å². The number of unbranched alkanes of at least 4 members (excludes halogenated alkanes) is 1. The van der Waals surface area contributed by atoms with Gasteiger partial charge in [0.15, 0.2) is 0 Å². The van der Waals surface area contributed by atoms with Crippen LogP contribution in [0.4, 0.5) is 4.79 Å². The number of fused-ring (bicyclic) bond motifs is 3. The van der Waals surface area contributed by atoms with Crippen LogP contribution in [0, 0.1) is 0 Å². The highest BCUT2D eigenvalue weighted by Gasteiger charge is 2.36. The number of carbonyl (C=O) groups is 2. The number of nitrogens with one attached hydrogen (secondary N) is 2. The molecule has 4 N–H and O–H groups in total. The van der Waals surface area contributed by atoms with E-state index in [0.29, 0.717) is 19.4 Å². The minimum Gasteiger partial charge on any atom is -0.497 e. The lowest BCUT2D eigenvalue weighted by molar-refractivity contribution is -0.120. The summed E-state index contributed by atoms with van der Waals surface area (Å²) in [5, 5.41) is 6.58. The molecule has 0 aromatic heterocycles. The lowest BCUT2D eigenvalue weighted by Crippen LogP contribution is -2.46. The Balaban J connectivity index is 1.09. The molecule has 0 aliphatic heterocycles. The van der Waals surface area contributed by atoms with Gasteiger partial charge in [-0.15, -0.1) is 0 Å². The predicted octanol–water partition coefficient (Wildman–Crippen LogP) is 7.14. The van der Waals surface area contributed by atoms with Crippen LogP contribution in [0.1, 0.15) is 53.0 Å². The third-order valence-electron chi connectivity index (χ3n) is 9.23. The number of ether oxygens (including phenoxy) is 2. The second-order valence-corrected chi connectivity index (χ2v) is 12.1. The third-order valence-corrected chi connectivity index (χ3v) is 9.23. The summed E-state index contributed by atoms with van der Waals surface area (Å²) in [6.45, 7) is 0.813. The topological polar surface area (TPSA) is 103 Å². The van der Waals surface area contributed by atoms with Crippen LogP contribution in [-0.4, -0.2) is 38.3 Å². The fraction of sp³-hybridized carbons (Fsp3) is 0.220. The Morgan fingerprint density at radius 2 is 1.23 bits per heavy atom. The van der Waals surface area contributed by atoms with Gasteiger partial charge >= 0.3 is 6.09 Å². The zero-order valence-corrected chi connectivity index (χ0v) is 27.1. The molecule has 0 radical (unpaired) electrons. The largest absolute Gasteiger partial charge is 0.497 e. The molecule has 0 bridgehead atoms. The van der Waals surface area contributed by atoms with Crippen molar-refractivity contribution in [3.8, 4) is 16.9 Å². The normalized spacial score (nSPS) is 12.9. The van der Waals surface area contributed by atoms with Gasteiger partial charge in [-0.05, 0) is 76.9 Å². The first-order valence-electron chi connectivity index (χ1n) is 16.4. The Labute approximate surface area is 282 Å². The third kappa shape index (κ3) is 6.82. The highest BCUT2D eigenvalue weighted by Crippen LogP contribution is 2.44. The molecule has 7 nitrogen and oxygen atoms in total. The summed E-state index contributed by atoms with van der Waals surface area (Å²) < 4.78 is 11.1. The van der Waals surface area contributed by atoms with Crippen LogP contribution in [0.2, 0.25) is 0 Å². The average molecular weight is 640 g/mol. The molecule has 48 heavy (non-hydrogen) atoms. The van der Waals surface area contributed by atoms with Crippen LogP contribution < -0.4 is 21.1 Å². The molecule has 0 saturated carbocycles. The SMILES string of the molecule is COc1ccc(C(NCCCC[C@H](NC(=O)OCC2c3ccccc3-c3ccccc32)C(N)=O)(c2ccccc2)c2ccccc2)cc1. The quantitative estimate of drug-likeness (QED) is 0.0886. The fourth-order valence-electron chi connectivity index (χ4n) is 6.84. The molecule has 0 fully saturated rings. The van der Waals surface area contributed by atoms with Gasteiger partial charge in [-0.2, -0.15) is 0 Å². The first kappa shape index (κ1) is 32.5. The molecule has 1 aliphatic carbocycles. The number of amides is 2. The van der Waals surface area contributed by atoms with Gasteiger partial charge in [0.2, 0.25) is 5.91 Å². The van der Waals surface area contributed by atoms with Crippen molar-refractivity contribution in [2.75, 3.05) is 20.3 Å². The standard InChI is InChI=1S/C41H41N3O4/c1-47-32-25-23-31(24-26-32)41(29-14-4-2-5-15-29,30-16-6-3-7-17-30)43-27-13-12-22-38(39(42)45)44-40(46)48-28-37-35-20-10-8-18-33(35)34-19-9-11-21-36(34)37/h2-11,14-21,23-26,37-38,43H,12-13,22,27-28H2,1H3,(H2,42,45)(H,44,46)/t38-/m0/s1. The van der Waals surface area contributed by atoms with Crippen molar-refractivity contribution in [1.82, 2.24) is 10.6 Å². The zero-order valence-electron chi connectivity index (χ0n) is 27.1. The second kappa shape index (κ2) is 15.0. The number of alkyl carbamates (subject to hydrolysis) is 1. The van der Waals surface area contributed by atoms with Gasteiger partial charge in [0.05, 0.1) is 12.6 Å². The number of primary amides is 1. The molecule has 7 heteroatoms. The van der Waals surface area contributed by atoms with Crippen molar-refractivity contribution in [3.05, 3.63) is 161 Å². The fourth-order valence-corrected chi connectivity index (χ4v) is 6.84. The molecule has 1 aliphatic rings. The lowest BCUT2D eigenvalue weighted by Gasteiger charge is -2.37. The molecule has 0 spiro atoms. The van der Waals surface area contributed by atoms with E-state index < -0.39 is 23.6 Å². The molecule has 0 unspecified atom stereocenters. The number of carbonyl (C=O) groups excluding carboxylic acids is 2. The molecule has 0 saturated heterocycles. The van der Waals surface area contributed by atoms with Crippen molar-refractivity contribution in [3.63, 3.8) is 0 Å². The number of hydrogen-bond acceptors (Lipinski definition) is 5. The Bertz CT molecular complexity index is 1740. The molecule has 2 amide bonds. The number of nitrogens with two attached hydrogens (primary N) is 1. The zero-order chi connectivity index (χ0) is 33.3. The molecule has 5 aromatic rings. The molecule has 0 heterocycles. The monoisotopic (exact) mass is 639 g/mol. The molecule has 1 atom stereocenters. The van der Waals surface area contributed by atoms with Gasteiger partial charge < -0.3 is 20.5 Å². The molecule has 244 valence electrons. The number of benzene rings is 5. The first-order valence-corrected chi connectivity index (χ1v) is 16.4. The Morgan fingerprint density at radius 3 is 1.77 bits per heavy atom.